The molecule has 3 aromatic carbocycles. The smallest absolute Gasteiger partial charge is 0.391 e. The molecule has 3 rings (SSSR count). The third kappa shape index (κ3) is 9.54. The zero-order chi connectivity index (χ0) is 33.4. The summed E-state index contributed by atoms with van der Waals surface area (Å²) in [5, 5.41) is 14.3. The molecule has 0 aromatic heterocycles. The molecule has 244 valence electrons. The molecule has 0 fully saturated rings. The molecule has 2 atom stereocenters. The molecule has 0 spiro atoms. The van der Waals surface area contributed by atoms with Crippen LogP contribution in [0.2, 0.25) is 0 Å². The van der Waals surface area contributed by atoms with Gasteiger partial charge in [0, 0.05) is 43.2 Å². The Morgan fingerprint density at radius 1 is 0.822 bits per heavy atom. The average Bonchev–Trinajstić information content (AvgIpc) is 2.98. The summed E-state index contributed by atoms with van der Waals surface area (Å²) in [6.45, 7) is 4.04. The van der Waals surface area contributed by atoms with E-state index in [2.05, 4.69) is 5.32 Å². The van der Waals surface area contributed by atoms with Crippen LogP contribution in [0.3, 0.4) is 0 Å². The fourth-order valence-electron chi connectivity index (χ4n) is 5.32. The Balaban J connectivity index is 2.02. The van der Waals surface area contributed by atoms with E-state index >= 15 is 0 Å². The van der Waals surface area contributed by atoms with Crippen molar-refractivity contribution in [3.05, 3.63) is 106 Å². The molecule has 2 amide bonds. The van der Waals surface area contributed by atoms with Gasteiger partial charge in [-0.05, 0) is 66.3 Å². The summed E-state index contributed by atoms with van der Waals surface area (Å²) in [5.41, 5.74) is 3.75. The number of hydrogen-bond donors (Lipinski definition) is 3. The summed E-state index contributed by atoms with van der Waals surface area (Å²) in [5.74, 6) is -2.07. The topological polar surface area (TPSA) is 95.7 Å². The molecule has 0 aliphatic carbocycles. The Labute approximate surface area is 258 Å². The summed E-state index contributed by atoms with van der Waals surface area (Å²) in [6, 6.07) is 14.8. The van der Waals surface area contributed by atoms with E-state index in [1.165, 1.54) is 12.1 Å². The quantitative estimate of drug-likeness (QED) is 0.175. The number of aliphatic hydroxyl groups is 1. The molecule has 12 heteroatoms. The van der Waals surface area contributed by atoms with Gasteiger partial charge in [0.05, 0.1) is 17.2 Å². The summed E-state index contributed by atoms with van der Waals surface area (Å²) >= 11 is 0. The minimum Gasteiger partial charge on any atom is -0.391 e. The van der Waals surface area contributed by atoms with Gasteiger partial charge in [0.2, 0.25) is 5.91 Å². The maximum absolute atomic E-state index is 13.8. The van der Waals surface area contributed by atoms with E-state index in [0.29, 0.717) is 38.1 Å². The maximum atomic E-state index is 13.8. The average molecular weight is 638 g/mol. The molecule has 6 nitrogen and oxygen atoms in total. The summed E-state index contributed by atoms with van der Waals surface area (Å²) in [6.07, 6.45) is -9.82. The third-order valence-electron chi connectivity index (χ3n) is 7.34. The number of nitrogens with zero attached hydrogens (tertiary/aromatic N) is 1. The zero-order valence-corrected chi connectivity index (χ0v) is 25.0. The first kappa shape index (κ1) is 35.6. The second kappa shape index (κ2) is 15.4. The molecule has 0 saturated carbocycles. The number of halogens is 6. The van der Waals surface area contributed by atoms with Crippen LogP contribution in [0.15, 0.2) is 66.7 Å². The van der Waals surface area contributed by atoms with Crippen molar-refractivity contribution in [2.45, 2.75) is 64.0 Å². The van der Waals surface area contributed by atoms with E-state index < -0.39 is 48.0 Å². The van der Waals surface area contributed by atoms with E-state index in [9.17, 15) is 41.0 Å². The summed E-state index contributed by atoms with van der Waals surface area (Å²) in [4.78, 5) is 28.1. The first-order valence-electron chi connectivity index (χ1n) is 14.6. The van der Waals surface area contributed by atoms with Crippen molar-refractivity contribution in [1.29, 1.82) is 0 Å². The highest BCUT2D eigenvalue weighted by Gasteiger charge is 2.37. The lowest BCUT2D eigenvalue weighted by molar-refractivity contribution is -0.143. The van der Waals surface area contributed by atoms with Gasteiger partial charge in [-0.25, -0.2) is 0 Å². The Hall–Kier alpha value is -3.90. The van der Waals surface area contributed by atoms with Crippen molar-refractivity contribution in [3.8, 4) is 0 Å². The normalized spacial score (nSPS) is 13.4. The molecule has 4 N–H and O–H groups in total. The van der Waals surface area contributed by atoms with E-state index in [4.69, 9.17) is 5.73 Å². The Kier molecular flexibility index (Phi) is 12.2. The largest absolute Gasteiger partial charge is 0.416 e. The molecule has 0 aliphatic rings. The van der Waals surface area contributed by atoms with Crippen LogP contribution in [0.1, 0.15) is 81.1 Å². The van der Waals surface area contributed by atoms with Crippen molar-refractivity contribution < 1.29 is 41.0 Å². The number of nitrogens with one attached hydrogen (secondary N) is 1. The first-order chi connectivity index (χ1) is 21.2. The highest BCUT2D eigenvalue weighted by molar-refractivity contribution is 6.02. The van der Waals surface area contributed by atoms with Crippen LogP contribution < -0.4 is 11.1 Å². The van der Waals surface area contributed by atoms with E-state index in [0.717, 1.165) is 5.56 Å². The number of carbonyl (C=O) groups is 2. The maximum Gasteiger partial charge on any atom is 0.416 e. The van der Waals surface area contributed by atoms with Gasteiger partial charge < -0.3 is 21.1 Å². The third-order valence-corrected chi connectivity index (χ3v) is 7.34. The standard InChI is InChI=1S/C33H37F6N3O3/c1-3-13-42(14-4-2)31(45)26-12-8-11-25(30(40)44)29(26)27(17-21-9-6-5-7-10-21)28(43)20-41-19-22-15-23(32(34,35)36)18-24(16-22)33(37,38)39/h5-12,15-16,18,27-28,41,43H,3-4,13-14,17,19-20H2,1-2H3,(H2,40,44)/t27-,28+/m1/s1. The van der Waals surface area contributed by atoms with Crippen LogP contribution in [-0.2, 0) is 25.3 Å². The Morgan fingerprint density at radius 2 is 1.38 bits per heavy atom. The van der Waals surface area contributed by atoms with Gasteiger partial charge in [0.15, 0.2) is 0 Å². The monoisotopic (exact) mass is 637 g/mol. The van der Waals surface area contributed by atoms with Gasteiger partial charge in [-0.15, -0.1) is 0 Å². The second-order valence-electron chi connectivity index (χ2n) is 10.8. The van der Waals surface area contributed by atoms with E-state index in [1.807, 2.05) is 13.8 Å². The van der Waals surface area contributed by atoms with Gasteiger partial charge >= 0.3 is 12.4 Å². The fraction of sp³-hybridized carbons (Fsp3) is 0.394. The SMILES string of the molecule is CCCN(CCC)C(=O)c1cccc(C(N)=O)c1[C@H](Cc1ccccc1)[C@@H](O)CNCc1cc(C(F)(F)F)cc(C(F)(F)F)c1. The van der Waals surface area contributed by atoms with Crippen LogP contribution in [-0.4, -0.2) is 47.6 Å². The minimum atomic E-state index is -5.00. The lowest BCUT2D eigenvalue weighted by Crippen LogP contribution is -2.37. The van der Waals surface area contributed by atoms with Gasteiger partial charge in [-0.3, -0.25) is 9.59 Å². The van der Waals surface area contributed by atoms with Crippen molar-refractivity contribution >= 4 is 11.8 Å². The van der Waals surface area contributed by atoms with E-state index in [1.54, 1.807) is 41.3 Å². The molecule has 0 saturated heterocycles. The lowest BCUT2D eigenvalue weighted by Gasteiger charge is -2.30. The number of benzene rings is 3. The Morgan fingerprint density at radius 3 is 1.89 bits per heavy atom. The van der Waals surface area contributed by atoms with Gasteiger partial charge in [0.25, 0.3) is 5.91 Å². The number of primary amides is 1. The van der Waals surface area contributed by atoms with Crippen LogP contribution >= 0.6 is 0 Å². The van der Waals surface area contributed by atoms with Gasteiger partial charge in [-0.1, -0.05) is 50.2 Å². The van der Waals surface area contributed by atoms with E-state index in [-0.39, 0.29) is 47.2 Å². The highest BCUT2D eigenvalue weighted by Crippen LogP contribution is 2.36. The molecule has 0 radical (unpaired) electrons. The number of alkyl halides is 6. The first-order valence-corrected chi connectivity index (χ1v) is 14.6. The number of amides is 2. The Bertz CT molecular complexity index is 1410. The van der Waals surface area contributed by atoms with Gasteiger partial charge in [0.1, 0.15) is 0 Å². The predicted octanol–water partition coefficient (Wildman–Crippen LogP) is 6.56. The number of nitrogens with two attached hydrogens (primary N) is 1. The molecular weight excluding hydrogens is 600 g/mol. The molecule has 0 heterocycles. The fourth-order valence-corrected chi connectivity index (χ4v) is 5.32. The lowest BCUT2D eigenvalue weighted by atomic mass is 9.81. The number of hydrogen-bond acceptors (Lipinski definition) is 4. The second-order valence-corrected chi connectivity index (χ2v) is 10.8. The number of carbonyl (C=O) groups excluding carboxylic acids is 2. The number of aliphatic hydroxyl groups excluding tert-OH is 1. The van der Waals surface area contributed by atoms with Crippen molar-refractivity contribution in [2.75, 3.05) is 19.6 Å². The van der Waals surface area contributed by atoms with Crippen molar-refractivity contribution in [3.63, 3.8) is 0 Å². The molecule has 0 bridgehead atoms. The zero-order valence-electron chi connectivity index (χ0n) is 25.0. The minimum absolute atomic E-state index is 0.0291. The van der Waals surface area contributed by atoms with Crippen LogP contribution in [0.25, 0.3) is 0 Å². The van der Waals surface area contributed by atoms with Crippen LogP contribution in [0, 0.1) is 0 Å². The summed E-state index contributed by atoms with van der Waals surface area (Å²) in [7, 11) is 0. The van der Waals surface area contributed by atoms with Gasteiger partial charge in [-0.2, -0.15) is 26.3 Å². The molecule has 0 aliphatic heterocycles. The number of rotatable bonds is 14. The predicted molar refractivity (Wildman–Crippen MR) is 158 cm³/mol. The van der Waals surface area contributed by atoms with Crippen LogP contribution in [0.5, 0.6) is 0 Å². The molecule has 0 unspecified atom stereocenters. The molecular formula is C33H37F6N3O3. The van der Waals surface area contributed by atoms with Crippen LogP contribution in [0.4, 0.5) is 26.3 Å². The van der Waals surface area contributed by atoms with Crippen molar-refractivity contribution in [1.82, 2.24) is 10.2 Å². The molecule has 3 aromatic rings. The molecule has 45 heavy (non-hydrogen) atoms. The highest BCUT2D eigenvalue weighted by atomic mass is 19.4. The van der Waals surface area contributed by atoms with Crippen molar-refractivity contribution in [2.24, 2.45) is 5.73 Å². The summed E-state index contributed by atoms with van der Waals surface area (Å²) < 4.78 is 80.1.